The number of Topliss-reactive ketones (excluding diaryl/α,β-unsaturated/α-hetero) is 1. The number of imidazole rings is 1. The van der Waals surface area contributed by atoms with Crippen LogP contribution in [0.1, 0.15) is 38.6 Å². The number of nitrogens with zero attached hydrogens (tertiary/aromatic N) is 2. The topological polar surface area (TPSA) is 55.1 Å². The molecule has 1 aromatic rings. The lowest BCUT2D eigenvalue weighted by Crippen LogP contribution is -2.21. The van der Waals surface area contributed by atoms with Crippen molar-refractivity contribution >= 4 is 5.78 Å². The summed E-state index contributed by atoms with van der Waals surface area (Å²) >= 11 is 0. The first kappa shape index (κ1) is 13.9. The molecule has 0 aromatic carbocycles. The standard InChI is InChI=1S/C13H22N2O2/c1-5-12-11(4)14-8-15(12)7-9(2)13(17)6-10(3)16/h8-10,16H,5-7H2,1-4H3. The molecular formula is C13H22N2O2. The summed E-state index contributed by atoms with van der Waals surface area (Å²) in [7, 11) is 0. The highest BCUT2D eigenvalue weighted by atomic mass is 16.3. The number of hydrogen-bond acceptors (Lipinski definition) is 3. The van der Waals surface area contributed by atoms with Gasteiger partial charge in [-0.05, 0) is 20.3 Å². The van der Waals surface area contributed by atoms with Gasteiger partial charge in [-0.25, -0.2) is 4.98 Å². The van der Waals surface area contributed by atoms with E-state index in [-0.39, 0.29) is 18.1 Å². The first-order valence-corrected chi connectivity index (χ1v) is 6.17. The first-order valence-electron chi connectivity index (χ1n) is 6.17. The van der Waals surface area contributed by atoms with Gasteiger partial charge in [-0.15, -0.1) is 0 Å². The van der Waals surface area contributed by atoms with Crippen molar-refractivity contribution in [1.82, 2.24) is 9.55 Å². The third kappa shape index (κ3) is 3.66. The molecule has 0 aliphatic carbocycles. The van der Waals surface area contributed by atoms with Gasteiger partial charge in [-0.2, -0.15) is 0 Å². The lowest BCUT2D eigenvalue weighted by Gasteiger charge is -2.14. The molecule has 4 nitrogen and oxygen atoms in total. The summed E-state index contributed by atoms with van der Waals surface area (Å²) in [5.41, 5.74) is 2.21. The van der Waals surface area contributed by atoms with Crippen LogP contribution < -0.4 is 0 Å². The smallest absolute Gasteiger partial charge is 0.140 e. The van der Waals surface area contributed by atoms with E-state index < -0.39 is 6.10 Å². The maximum Gasteiger partial charge on any atom is 0.140 e. The predicted molar refractivity (Wildman–Crippen MR) is 66.8 cm³/mol. The first-order chi connectivity index (χ1) is 7.95. The van der Waals surface area contributed by atoms with Gasteiger partial charge in [0.05, 0.1) is 18.1 Å². The van der Waals surface area contributed by atoms with Gasteiger partial charge in [-0.3, -0.25) is 4.79 Å². The van der Waals surface area contributed by atoms with Crippen LogP contribution in [0.15, 0.2) is 6.33 Å². The highest BCUT2D eigenvalue weighted by molar-refractivity contribution is 5.80. The molecule has 0 aliphatic heterocycles. The second-order valence-corrected chi connectivity index (χ2v) is 4.70. The van der Waals surface area contributed by atoms with Crippen LogP contribution in [0, 0.1) is 12.8 Å². The molecule has 0 saturated heterocycles. The molecule has 1 rings (SSSR count). The minimum absolute atomic E-state index is 0.0801. The molecule has 1 N–H and O–H groups in total. The third-order valence-electron chi connectivity index (χ3n) is 3.01. The molecule has 0 amide bonds. The van der Waals surface area contributed by atoms with Crippen LogP contribution in [0.25, 0.3) is 0 Å². The molecule has 2 unspecified atom stereocenters. The molecule has 0 radical (unpaired) electrons. The second kappa shape index (κ2) is 5.96. The minimum atomic E-state index is -0.555. The fourth-order valence-corrected chi connectivity index (χ4v) is 2.01. The summed E-state index contributed by atoms with van der Waals surface area (Å²) in [5.74, 6) is 0.0249. The van der Waals surface area contributed by atoms with Gasteiger partial charge in [0.25, 0.3) is 0 Å². The number of aryl methyl sites for hydroxylation is 1. The van der Waals surface area contributed by atoms with Crippen LogP contribution in [-0.2, 0) is 17.8 Å². The van der Waals surface area contributed by atoms with Crippen molar-refractivity contribution in [3.05, 3.63) is 17.7 Å². The minimum Gasteiger partial charge on any atom is -0.393 e. The summed E-state index contributed by atoms with van der Waals surface area (Å²) in [6, 6.07) is 0. The molecule has 0 bridgehead atoms. The molecule has 0 saturated carbocycles. The zero-order valence-electron chi connectivity index (χ0n) is 11.1. The van der Waals surface area contributed by atoms with Crippen molar-refractivity contribution in [3.63, 3.8) is 0 Å². The van der Waals surface area contributed by atoms with Crippen molar-refractivity contribution < 1.29 is 9.90 Å². The second-order valence-electron chi connectivity index (χ2n) is 4.70. The molecule has 17 heavy (non-hydrogen) atoms. The Kier molecular flexibility index (Phi) is 4.87. The average Bonchev–Trinajstić information content (AvgIpc) is 2.58. The number of aliphatic hydroxyl groups excluding tert-OH is 1. The lowest BCUT2D eigenvalue weighted by atomic mass is 10.0. The van der Waals surface area contributed by atoms with Gasteiger partial charge < -0.3 is 9.67 Å². The number of hydrogen-bond donors (Lipinski definition) is 1. The van der Waals surface area contributed by atoms with Gasteiger partial charge in [0.2, 0.25) is 0 Å². The number of carbonyl (C=O) groups excluding carboxylic acids is 1. The van der Waals surface area contributed by atoms with Crippen LogP contribution in [0.2, 0.25) is 0 Å². The van der Waals surface area contributed by atoms with Crippen LogP contribution >= 0.6 is 0 Å². The number of rotatable bonds is 6. The Morgan fingerprint density at radius 3 is 2.71 bits per heavy atom. The maximum atomic E-state index is 11.8. The van der Waals surface area contributed by atoms with Gasteiger partial charge in [0.15, 0.2) is 0 Å². The Balaban J connectivity index is 2.67. The summed E-state index contributed by atoms with van der Waals surface area (Å²) in [5, 5.41) is 9.20. The van der Waals surface area contributed by atoms with Crippen LogP contribution in [0.5, 0.6) is 0 Å². The number of ketones is 1. The molecule has 0 spiro atoms. The zero-order chi connectivity index (χ0) is 13.0. The molecule has 96 valence electrons. The van der Waals surface area contributed by atoms with E-state index in [9.17, 15) is 9.90 Å². The molecule has 4 heteroatoms. The molecule has 0 aliphatic rings. The van der Waals surface area contributed by atoms with Crippen LogP contribution in [-0.4, -0.2) is 26.5 Å². The third-order valence-corrected chi connectivity index (χ3v) is 3.01. The van der Waals surface area contributed by atoms with Gasteiger partial charge in [0, 0.05) is 24.6 Å². The van der Waals surface area contributed by atoms with Crippen molar-refractivity contribution in [3.8, 4) is 0 Å². The van der Waals surface area contributed by atoms with E-state index in [0.717, 1.165) is 12.1 Å². The quantitative estimate of drug-likeness (QED) is 0.821. The lowest BCUT2D eigenvalue weighted by molar-refractivity contribution is -0.124. The van der Waals surface area contributed by atoms with Crippen molar-refractivity contribution in [2.45, 2.75) is 53.2 Å². The van der Waals surface area contributed by atoms with E-state index in [4.69, 9.17) is 0 Å². The van der Waals surface area contributed by atoms with Crippen LogP contribution in [0.3, 0.4) is 0 Å². The molecular weight excluding hydrogens is 216 g/mol. The normalized spacial score (nSPS) is 14.6. The summed E-state index contributed by atoms with van der Waals surface area (Å²) in [6.07, 6.45) is 2.39. The number of carbonyl (C=O) groups is 1. The van der Waals surface area contributed by atoms with Gasteiger partial charge in [0.1, 0.15) is 5.78 Å². The largest absolute Gasteiger partial charge is 0.393 e. The van der Waals surface area contributed by atoms with Gasteiger partial charge >= 0.3 is 0 Å². The summed E-state index contributed by atoms with van der Waals surface area (Å²) < 4.78 is 2.04. The van der Waals surface area contributed by atoms with E-state index >= 15 is 0 Å². The molecule has 1 aromatic heterocycles. The van der Waals surface area contributed by atoms with E-state index in [1.165, 1.54) is 5.69 Å². The number of aromatic nitrogens is 2. The Morgan fingerprint density at radius 1 is 1.53 bits per heavy atom. The van der Waals surface area contributed by atoms with Crippen molar-refractivity contribution in [2.75, 3.05) is 0 Å². The van der Waals surface area contributed by atoms with Gasteiger partial charge in [-0.1, -0.05) is 13.8 Å². The van der Waals surface area contributed by atoms with Crippen molar-refractivity contribution in [1.29, 1.82) is 0 Å². The average molecular weight is 238 g/mol. The predicted octanol–water partition coefficient (Wildman–Crippen LogP) is 1.73. The highest BCUT2D eigenvalue weighted by Crippen LogP contribution is 2.12. The Hall–Kier alpha value is -1.16. The molecule has 2 atom stereocenters. The van der Waals surface area contributed by atoms with E-state index in [2.05, 4.69) is 11.9 Å². The fraction of sp³-hybridized carbons (Fsp3) is 0.692. The summed E-state index contributed by atoms with van der Waals surface area (Å²) in [6.45, 7) is 8.26. The van der Waals surface area contributed by atoms with E-state index in [0.29, 0.717) is 6.54 Å². The maximum absolute atomic E-state index is 11.8. The Bertz CT molecular complexity index is 383. The monoisotopic (exact) mass is 238 g/mol. The molecule has 0 fully saturated rings. The summed E-state index contributed by atoms with van der Waals surface area (Å²) in [4.78, 5) is 16.0. The SMILES string of the molecule is CCc1c(C)ncn1CC(C)C(=O)CC(C)O. The highest BCUT2D eigenvalue weighted by Gasteiger charge is 2.17. The Labute approximate surface area is 103 Å². The van der Waals surface area contributed by atoms with Crippen LogP contribution in [0.4, 0.5) is 0 Å². The van der Waals surface area contributed by atoms with E-state index in [1.807, 2.05) is 18.4 Å². The molecule has 1 heterocycles. The fourth-order valence-electron chi connectivity index (χ4n) is 2.01. The zero-order valence-corrected chi connectivity index (χ0v) is 11.1. The number of aliphatic hydroxyl groups is 1. The Morgan fingerprint density at radius 2 is 2.18 bits per heavy atom. The van der Waals surface area contributed by atoms with Crippen molar-refractivity contribution in [2.24, 2.45) is 5.92 Å². The van der Waals surface area contributed by atoms with E-state index in [1.54, 1.807) is 13.3 Å².